The Balaban J connectivity index is 2.02. The second kappa shape index (κ2) is 11.4. The molecule has 0 unspecified atom stereocenters. The van der Waals surface area contributed by atoms with E-state index in [9.17, 15) is 9.50 Å². The SMILES string of the molecule is CC[C@H](O)CN(CCOC)Cc1c(C)nn(-c2ccc(Cl)cc2)c1Oc1cccc(F)c1. The summed E-state index contributed by atoms with van der Waals surface area (Å²) in [5.41, 5.74) is 2.40. The molecule has 0 saturated heterocycles. The van der Waals surface area contributed by atoms with E-state index in [1.54, 1.807) is 36.1 Å². The maximum absolute atomic E-state index is 13.8. The van der Waals surface area contributed by atoms with Crippen molar-refractivity contribution in [1.29, 1.82) is 0 Å². The standard InChI is InChI=1S/C24H29ClFN3O3/c1-4-21(30)15-28(12-13-31-3)16-23-17(2)27-29(20-10-8-18(25)9-11-20)24(23)32-22-7-5-6-19(26)14-22/h5-11,14,21,30H,4,12-13,15-16H2,1-3H3/t21-/m0/s1. The van der Waals surface area contributed by atoms with Crippen LogP contribution in [0.4, 0.5) is 4.39 Å². The van der Waals surface area contributed by atoms with Gasteiger partial charge in [-0.05, 0) is 49.7 Å². The number of ether oxygens (including phenoxy) is 2. The van der Waals surface area contributed by atoms with Gasteiger partial charge >= 0.3 is 0 Å². The Kier molecular flexibility index (Phi) is 8.64. The summed E-state index contributed by atoms with van der Waals surface area (Å²) in [5, 5.41) is 15.5. The number of nitrogens with zero attached hydrogens (tertiary/aromatic N) is 3. The molecule has 0 radical (unpaired) electrons. The fourth-order valence-electron chi connectivity index (χ4n) is 3.33. The molecule has 2 aromatic carbocycles. The Morgan fingerprint density at radius 3 is 2.62 bits per heavy atom. The molecule has 0 amide bonds. The van der Waals surface area contributed by atoms with Gasteiger partial charge in [0, 0.05) is 37.8 Å². The topological polar surface area (TPSA) is 59.8 Å². The predicted octanol–water partition coefficient (Wildman–Crippen LogP) is 4.98. The maximum Gasteiger partial charge on any atom is 0.227 e. The highest BCUT2D eigenvalue weighted by Gasteiger charge is 2.22. The molecule has 0 spiro atoms. The molecule has 0 aliphatic rings. The molecule has 0 aliphatic carbocycles. The summed E-state index contributed by atoms with van der Waals surface area (Å²) in [6.45, 7) is 6.00. The minimum Gasteiger partial charge on any atom is -0.438 e. The van der Waals surface area contributed by atoms with Gasteiger partial charge in [0.1, 0.15) is 11.6 Å². The average molecular weight is 462 g/mol. The molecule has 1 heterocycles. The van der Waals surface area contributed by atoms with Crippen LogP contribution < -0.4 is 4.74 Å². The van der Waals surface area contributed by atoms with E-state index in [0.29, 0.717) is 49.3 Å². The minimum absolute atomic E-state index is 0.374. The molecule has 1 atom stereocenters. The molecular formula is C24H29ClFN3O3. The van der Waals surface area contributed by atoms with Crippen LogP contribution in [0.1, 0.15) is 24.6 Å². The lowest BCUT2D eigenvalue weighted by atomic mass is 10.2. The second-order valence-electron chi connectivity index (χ2n) is 7.61. The number of benzene rings is 2. The summed E-state index contributed by atoms with van der Waals surface area (Å²) in [4.78, 5) is 2.10. The zero-order valence-corrected chi connectivity index (χ0v) is 19.3. The summed E-state index contributed by atoms with van der Waals surface area (Å²) < 4.78 is 26.9. The van der Waals surface area contributed by atoms with Crippen LogP contribution in [0.2, 0.25) is 5.02 Å². The summed E-state index contributed by atoms with van der Waals surface area (Å²) in [6, 6.07) is 13.3. The van der Waals surface area contributed by atoms with Gasteiger partial charge in [-0.15, -0.1) is 0 Å². The Bertz CT molecular complexity index is 1010. The van der Waals surface area contributed by atoms with Crippen LogP contribution in [0.3, 0.4) is 0 Å². The Morgan fingerprint density at radius 1 is 1.22 bits per heavy atom. The number of hydrogen-bond acceptors (Lipinski definition) is 5. The van der Waals surface area contributed by atoms with Crippen LogP contribution in [0.25, 0.3) is 5.69 Å². The van der Waals surface area contributed by atoms with Gasteiger partial charge in [0.25, 0.3) is 0 Å². The Hall–Kier alpha value is -2.45. The summed E-state index contributed by atoms with van der Waals surface area (Å²) in [5.74, 6) is 0.480. The number of halogens is 2. The fourth-order valence-corrected chi connectivity index (χ4v) is 3.46. The smallest absolute Gasteiger partial charge is 0.227 e. The molecule has 3 rings (SSSR count). The zero-order chi connectivity index (χ0) is 23.1. The van der Waals surface area contributed by atoms with E-state index in [4.69, 9.17) is 26.2 Å². The molecule has 0 fully saturated rings. The van der Waals surface area contributed by atoms with Gasteiger partial charge in [-0.3, -0.25) is 4.90 Å². The molecule has 0 saturated carbocycles. The third-order valence-corrected chi connectivity index (χ3v) is 5.40. The monoisotopic (exact) mass is 461 g/mol. The first kappa shape index (κ1) is 24.2. The molecule has 172 valence electrons. The van der Waals surface area contributed by atoms with Gasteiger partial charge in [-0.1, -0.05) is 24.6 Å². The largest absolute Gasteiger partial charge is 0.438 e. The molecule has 1 aromatic heterocycles. The molecule has 8 heteroatoms. The first-order valence-electron chi connectivity index (χ1n) is 10.6. The molecule has 1 N–H and O–H groups in total. The zero-order valence-electron chi connectivity index (χ0n) is 18.6. The third kappa shape index (κ3) is 6.29. The minimum atomic E-state index is -0.453. The van der Waals surface area contributed by atoms with Crippen LogP contribution in [0, 0.1) is 12.7 Å². The lowest BCUT2D eigenvalue weighted by molar-refractivity contribution is 0.0825. The van der Waals surface area contributed by atoms with Crippen LogP contribution in [-0.4, -0.2) is 52.7 Å². The van der Waals surface area contributed by atoms with Crippen LogP contribution in [0.15, 0.2) is 48.5 Å². The molecule has 3 aromatic rings. The lowest BCUT2D eigenvalue weighted by Crippen LogP contribution is -2.34. The normalized spacial score (nSPS) is 12.3. The van der Waals surface area contributed by atoms with E-state index in [1.807, 2.05) is 26.0 Å². The van der Waals surface area contributed by atoms with E-state index >= 15 is 0 Å². The number of aryl methyl sites for hydroxylation is 1. The number of aromatic nitrogens is 2. The number of hydrogen-bond donors (Lipinski definition) is 1. The van der Waals surface area contributed by atoms with Crippen molar-refractivity contribution in [3.05, 3.63) is 70.6 Å². The van der Waals surface area contributed by atoms with Gasteiger partial charge in [-0.2, -0.15) is 5.10 Å². The third-order valence-electron chi connectivity index (χ3n) is 5.15. The average Bonchev–Trinajstić information content (AvgIpc) is 3.07. The van der Waals surface area contributed by atoms with E-state index in [-0.39, 0.29) is 5.82 Å². The Labute approximate surface area is 193 Å². The van der Waals surface area contributed by atoms with Gasteiger partial charge < -0.3 is 14.6 Å². The van der Waals surface area contributed by atoms with E-state index < -0.39 is 6.10 Å². The quantitative estimate of drug-likeness (QED) is 0.436. The number of methoxy groups -OCH3 is 1. The lowest BCUT2D eigenvalue weighted by Gasteiger charge is -2.24. The summed E-state index contributed by atoms with van der Waals surface area (Å²) in [6.07, 6.45) is 0.199. The number of rotatable bonds is 11. The molecular weight excluding hydrogens is 433 g/mol. The van der Waals surface area contributed by atoms with Crippen molar-refractivity contribution < 1.29 is 19.0 Å². The van der Waals surface area contributed by atoms with Crippen molar-refractivity contribution in [3.8, 4) is 17.3 Å². The van der Waals surface area contributed by atoms with E-state index in [1.165, 1.54) is 12.1 Å². The number of aliphatic hydroxyl groups is 1. The van der Waals surface area contributed by atoms with Gasteiger partial charge in [0.05, 0.1) is 29.7 Å². The first-order valence-corrected chi connectivity index (χ1v) is 11.0. The highest BCUT2D eigenvalue weighted by molar-refractivity contribution is 6.30. The second-order valence-corrected chi connectivity index (χ2v) is 8.04. The van der Waals surface area contributed by atoms with Crippen molar-refractivity contribution >= 4 is 11.6 Å². The van der Waals surface area contributed by atoms with Crippen LogP contribution >= 0.6 is 11.6 Å². The van der Waals surface area contributed by atoms with E-state index in [0.717, 1.165) is 16.9 Å². The fraction of sp³-hybridized carbons (Fsp3) is 0.375. The van der Waals surface area contributed by atoms with Crippen LogP contribution in [-0.2, 0) is 11.3 Å². The maximum atomic E-state index is 13.8. The first-order chi connectivity index (χ1) is 15.4. The molecule has 32 heavy (non-hydrogen) atoms. The molecule has 0 bridgehead atoms. The van der Waals surface area contributed by atoms with Crippen molar-refractivity contribution in [3.63, 3.8) is 0 Å². The molecule has 6 nitrogen and oxygen atoms in total. The summed E-state index contributed by atoms with van der Waals surface area (Å²) >= 11 is 6.06. The molecule has 0 aliphatic heterocycles. The highest BCUT2D eigenvalue weighted by atomic mass is 35.5. The van der Waals surface area contributed by atoms with Crippen LogP contribution in [0.5, 0.6) is 11.6 Å². The van der Waals surface area contributed by atoms with Crippen molar-refractivity contribution in [2.75, 3.05) is 26.8 Å². The highest BCUT2D eigenvalue weighted by Crippen LogP contribution is 2.32. The van der Waals surface area contributed by atoms with Crippen molar-refractivity contribution in [2.24, 2.45) is 0 Å². The predicted molar refractivity (Wildman–Crippen MR) is 123 cm³/mol. The van der Waals surface area contributed by atoms with E-state index in [2.05, 4.69) is 4.90 Å². The summed E-state index contributed by atoms with van der Waals surface area (Å²) in [7, 11) is 1.65. The number of aliphatic hydroxyl groups excluding tert-OH is 1. The van der Waals surface area contributed by atoms with Gasteiger partial charge in [-0.25, -0.2) is 9.07 Å². The van der Waals surface area contributed by atoms with Crippen molar-refractivity contribution in [2.45, 2.75) is 32.9 Å². The van der Waals surface area contributed by atoms with Crippen molar-refractivity contribution in [1.82, 2.24) is 14.7 Å². The Morgan fingerprint density at radius 2 is 1.97 bits per heavy atom. The van der Waals surface area contributed by atoms with Gasteiger partial charge in [0.2, 0.25) is 5.88 Å². The van der Waals surface area contributed by atoms with Gasteiger partial charge in [0.15, 0.2) is 0 Å².